The zero-order valence-corrected chi connectivity index (χ0v) is 13.5. The molecule has 1 aromatic rings. The fraction of sp³-hybridized carbons (Fsp3) is 0.667. The molecule has 0 saturated carbocycles. The minimum Gasteiger partial charge on any atom is -0.341 e. The topological polar surface area (TPSA) is 23.6 Å². The highest BCUT2D eigenvalue weighted by Crippen LogP contribution is 2.13. The Morgan fingerprint density at radius 2 is 2.20 bits per heavy atom. The maximum Gasteiger partial charge on any atom is 0.222 e. The van der Waals surface area contributed by atoms with Crippen molar-refractivity contribution in [2.75, 3.05) is 38.6 Å². The number of halogens is 1. The Morgan fingerprint density at radius 3 is 2.95 bits per heavy atom. The van der Waals surface area contributed by atoms with E-state index in [1.165, 1.54) is 4.88 Å². The Bertz CT molecular complexity index is 397. The first-order chi connectivity index (χ1) is 9.79. The lowest BCUT2D eigenvalue weighted by atomic mass is 10.2. The lowest BCUT2D eigenvalue weighted by molar-refractivity contribution is -0.131. The first-order valence-corrected chi connectivity index (χ1v) is 8.79. The zero-order valence-electron chi connectivity index (χ0n) is 11.9. The Kier molecular flexibility index (Phi) is 6.83. The molecule has 20 heavy (non-hydrogen) atoms. The molecule has 1 aliphatic rings. The van der Waals surface area contributed by atoms with Crippen LogP contribution in [-0.4, -0.2) is 54.3 Å². The summed E-state index contributed by atoms with van der Waals surface area (Å²) in [5, 5.41) is 2.09. The fourth-order valence-corrected chi connectivity index (χ4v) is 3.58. The van der Waals surface area contributed by atoms with Crippen molar-refractivity contribution in [2.24, 2.45) is 0 Å². The van der Waals surface area contributed by atoms with Gasteiger partial charge in [-0.2, -0.15) is 0 Å². The van der Waals surface area contributed by atoms with E-state index in [4.69, 9.17) is 11.6 Å². The highest BCUT2D eigenvalue weighted by atomic mass is 35.5. The summed E-state index contributed by atoms with van der Waals surface area (Å²) >= 11 is 7.56. The van der Waals surface area contributed by atoms with Gasteiger partial charge in [0, 0.05) is 43.4 Å². The summed E-state index contributed by atoms with van der Waals surface area (Å²) in [6, 6.07) is 4.22. The lowest BCUT2D eigenvalue weighted by Crippen LogP contribution is -2.35. The molecule has 1 saturated heterocycles. The Labute approximate surface area is 130 Å². The van der Waals surface area contributed by atoms with Gasteiger partial charge in [0.15, 0.2) is 0 Å². The fourth-order valence-electron chi connectivity index (χ4n) is 2.59. The smallest absolute Gasteiger partial charge is 0.222 e. The number of thiophene rings is 1. The average Bonchev–Trinajstić information content (AvgIpc) is 2.84. The number of carbonyl (C=O) groups excluding carboxylic acids is 1. The van der Waals surface area contributed by atoms with Gasteiger partial charge in [0.05, 0.1) is 0 Å². The van der Waals surface area contributed by atoms with Crippen LogP contribution in [0, 0.1) is 0 Å². The van der Waals surface area contributed by atoms with Crippen molar-refractivity contribution in [3.05, 3.63) is 22.4 Å². The zero-order chi connectivity index (χ0) is 14.2. The molecule has 2 rings (SSSR count). The number of amides is 1. The summed E-state index contributed by atoms with van der Waals surface area (Å²) in [5.74, 6) is 0.990. The molecule has 0 spiro atoms. The van der Waals surface area contributed by atoms with Crippen LogP contribution in [0.15, 0.2) is 17.5 Å². The van der Waals surface area contributed by atoms with Crippen molar-refractivity contribution in [1.82, 2.24) is 9.80 Å². The van der Waals surface area contributed by atoms with E-state index in [9.17, 15) is 4.79 Å². The Hall–Kier alpha value is -0.580. The highest BCUT2D eigenvalue weighted by molar-refractivity contribution is 7.09. The van der Waals surface area contributed by atoms with Crippen molar-refractivity contribution in [3.8, 4) is 0 Å². The molecule has 3 nitrogen and oxygen atoms in total. The van der Waals surface area contributed by atoms with Crippen LogP contribution in [0.5, 0.6) is 0 Å². The van der Waals surface area contributed by atoms with Crippen molar-refractivity contribution in [3.63, 3.8) is 0 Å². The van der Waals surface area contributed by atoms with E-state index in [1.54, 1.807) is 11.3 Å². The summed E-state index contributed by atoms with van der Waals surface area (Å²) in [5.41, 5.74) is 0. The molecule has 1 aliphatic heterocycles. The second kappa shape index (κ2) is 8.65. The molecule has 0 N–H and O–H groups in total. The second-order valence-corrected chi connectivity index (χ2v) is 6.61. The predicted octanol–water partition coefficient (Wildman–Crippen LogP) is 2.84. The largest absolute Gasteiger partial charge is 0.341 e. The van der Waals surface area contributed by atoms with E-state index in [2.05, 4.69) is 22.4 Å². The van der Waals surface area contributed by atoms with Gasteiger partial charge in [-0.15, -0.1) is 22.9 Å². The molecule has 0 atom stereocenters. The normalized spacial score (nSPS) is 17.1. The third-order valence-electron chi connectivity index (χ3n) is 3.74. The molecule has 1 amide bonds. The SMILES string of the molecule is O=C(CCCc1cccs1)N1CCCN(CCCl)CC1. The van der Waals surface area contributed by atoms with Gasteiger partial charge in [-0.25, -0.2) is 0 Å². The van der Waals surface area contributed by atoms with Gasteiger partial charge in [0.2, 0.25) is 5.91 Å². The van der Waals surface area contributed by atoms with Gasteiger partial charge in [0.25, 0.3) is 0 Å². The van der Waals surface area contributed by atoms with Gasteiger partial charge < -0.3 is 9.80 Å². The molecule has 1 fully saturated rings. The third-order valence-corrected chi connectivity index (χ3v) is 4.84. The number of hydrogen-bond acceptors (Lipinski definition) is 3. The van der Waals surface area contributed by atoms with Crippen LogP contribution in [0.25, 0.3) is 0 Å². The molecular weight excluding hydrogens is 292 g/mol. The number of carbonyl (C=O) groups is 1. The molecule has 5 heteroatoms. The number of aryl methyl sites for hydroxylation is 1. The molecule has 2 heterocycles. The quantitative estimate of drug-likeness (QED) is 0.754. The highest BCUT2D eigenvalue weighted by Gasteiger charge is 2.18. The van der Waals surface area contributed by atoms with Crippen LogP contribution < -0.4 is 0 Å². The van der Waals surface area contributed by atoms with Crippen LogP contribution in [0.1, 0.15) is 24.1 Å². The van der Waals surface area contributed by atoms with Gasteiger partial charge in [-0.05, 0) is 37.3 Å². The number of nitrogens with zero attached hydrogens (tertiary/aromatic N) is 2. The summed E-state index contributed by atoms with van der Waals surface area (Å²) < 4.78 is 0. The van der Waals surface area contributed by atoms with E-state index >= 15 is 0 Å². The molecule has 0 radical (unpaired) electrons. The molecule has 0 unspecified atom stereocenters. The van der Waals surface area contributed by atoms with E-state index < -0.39 is 0 Å². The average molecular weight is 315 g/mol. The standard InChI is InChI=1S/C15H23ClN2OS/c16-7-10-17-8-3-9-18(12-11-17)15(19)6-1-4-14-5-2-13-20-14/h2,5,13H,1,3-4,6-12H2. The number of rotatable bonds is 6. The molecular formula is C15H23ClN2OS. The predicted molar refractivity (Wildman–Crippen MR) is 85.6 cm³/mol. The van der Waals surface area contributed by atoms with Crippen LogP contribution in [0.3, 0.4) is 0 Å². The Balaban J connectivity index is 1.69. The molecule has 0 aromatic carbocycles. The number of alkyl halides is 1. The second-order valence-electron chi connectivity index (χ2n) is 5.20. The molecule has 112 valence electrons. The molecule has 0 bridgehead atoms. The van der Waals surface area contributed by atoms with Crippen molar-refractivity contribution < 1.29 is 4.79 Å². The van der Waals surface area contributed by atoms with Gasteiger partial charge in [-0.1, -0.05) is 6.07 Å². The van der Waals surface area contributed by atoms with Gasteiger partial charge in [0.1, 0.15) is 0 Å². The Morgan fingerprint density at radius 1 is 1.30 bits per heavy atom. The monoisotopic (exact) mass is 314 g/mol. The van der Waals surface area contributed by atoms with Crippen LogP contribution in [-0.2, 0) is 11.2 Å². The minimum absolute atomic E-state index is 0.314. The first kappa shape index (κ1) is 15.8. The summed E-state index contributed by atoms with van der Waals surface area (Å²) in [4.78, 5) is 18.0. The van der Waals surface area contributed by atoms with Crippen LogP contribution in [0.2, 0.25) is 0 Å². The van der Waals surface area contributed by atoms with E-state index in [1.807, 2.05) is 4.90 Å². The van der Waals surface area contributed by atoms with Gasteiger partial charge >= 0.3 is 0 Å². The van der Waals surface area contributed by atoms with Crippen molar-refractivity contribution in [1.29, 1.82) is 0 Å². The molecule has 1 aromatic heterocycles. The maximum atomic E-state index is 12.2. The summed E-state index contributed by atoms with van der Waals surface area (Å²) in [7, 11) is 0. The van der Waals surface area contributed by atoms with Crippen molar-refractivity contribution >= 4 is 28.8 Å². The maximum absolute atomic E-state index is 12.2. The minimum atomic E-state index is 0.314. The van der Waals surface area contributed by atoms with Gasteiger partial charge in [-0.3, -0.25) is 4.79 Å². The van der Waals surface area contributed by atoms with Crippen molar-refractivity contribution in [2.45, 2.75) is 25.7 Å². The van der Waals surface area contributed by atoms with E-state index in [0.29, 0.717) is 18.2 Å². The molecule has 0 aliphatic carbocycles. The number of hydrogen-bond donors (Lipinski definition) is 0. The summed E-state index contributed by atoms with van der Waals surface area (Å²) in [6.45, 7) is 4.71. The van der Waals surface area contributed by atoms with Crippen LogP contribution >= 0.6 is 22.9 Å². The van der Waals surface area contributed by atoms with E-state index in [0.717, 1.165) is 52.0 Å². The summed E-state index contributed by atoms with van der Waals surface area (Å²) in [6.07, 6.45) is 3.72. The third kappa shape index (κ3) is 5.08. The lowest BCUT2D eigenvalue weighted by Gasteiger charge is -2.21. The van der Waals surface area contributed by atoms with Crippen LogP contribution in [0.4, 0.5) is 0 Å². The van der Waals surface area contributed by atoms with E-state index in [-0.39, 0.29) is 0 Å². The first-order valence-electron chi connectivity index (χ1n) is 7.38.